The Labute approximate surface area is 110 Å². The summed E-state index contributed by atoms with van der Waals surface area (Å²) in [5.41, 5.74) is 1.59. The first kappa shape index (κ1) is 11.4. The van der Waals surface area contributed by atoms with Crippen LogP contribution in [0, 0.1) is 0 Å². The molecule has 0 radical (unpaired) electrons. The van der Waals surface area contributed by atoms with E-state index in [9.17, 15) is 5.11 Å². The second-order valence-corrected chi connectivity index (χ2v) is 4.18. The highest BCUT2D eigenvalue weighted by molar-refractivity contribution is 5.86. The summed E-state index contributed by atoms with van der Waals surface area (Å²) >= 11 is 0. The van der Waals surface area contributed by atoms with Crippen LogP contribution in [0.5, 0.6) is 5.75 Å². The monoisotopic (exact) mass is 248 g/mol. The van der Waals surface area contributed by atoms with Crippen molar-refractivity contribution < 1.29 is 5.11 Å². The molecule has 0 aliphatic carbocycles. The van der Waals surface area contributed by atoms with Crippen LogP contribution in [-0.2, 0) is 0 Å². The molecule has 0 aliphatic heterocycles. The van der Waals surface area contributed by atoms with Crippen molar-refractivity contribution in [2.75, 3.05) is 0 Å². The van der Waals surface area contributed by atoms with E-state index in [4.69, 9.17) is 0 Å². The lowest BCUT2D eigenvalue weighted by atomic mass is 10.2. The molecule has 0 fully saturated rings. The zero-order valence-electron chi connectivity index (χ0n) is 10.2. The normalized spacial score (nSPS) is 11.2. The molecular weight excluding hydrogens is 236 g/mol. The number of nitrogens with zero attached hydrogens (tertiary/aromatic N) is 2. The number of aliphatic imine (C=N–C) groups is 1. The van der Waals surface area contributed by atoms with Crippen molar-refractivity contribution >= 4 is 22.9 Å². The van der Waals surface area contributed by atoms with Gasteiger partial charge in [0.1, 0.15) is 5.75 Å². The lowest BCUT2D eigenvalue weighted by Gasteiger charge is -1.99. The van der Waals surface area contributed by atoms with Gasteiger partial charge in [-0.1, -0.05) is 30.3 Å². The smallest absolute Gasteiger partial charge is 0.152 e. The average Bonchev–Trinajstić information content (AvgIpc) is 2.46. The summed E-state index contributed by atoms with van der Waals surface area (Å²) in [6, 6.07) is 18.8. The molecule has 19 heavy (non-hydrogen) atoms. The molecule has 1 heterocycles. The Morgan fingerprint density at radius 2 is 1.68 bits per heavy atom. The number of fused-ring (bicyclic) bond motifs is 1. The summed E-state index contributed by atoms with van der Waals surface area (Å²) in [6.07, 6.45) is 1.62. The van der Waals surface area contributed by atoms with Crippen molar-refractivity contribution in [3.05, 3.63) is 66.2 Å². The fourth-order valence-electron chi connectivity index (χ4n) is 1.86. The molecule has 0 aliphatic rings. The van der Waals surface area contributed by atoms with Gasteiger partial charge in [0, 0.05) is 17.2 Å². The maximum Gasteiger partial charge on any atom is 0.152 e. The Balaban J connectivity index is 1.95. The maximum atomic E-state index is 9.65. The fraction of sp³-hybridized carbons (Fsp3) is 0. The van der Waals surface area contributed by atoms with Crippen LogP contribution in [0.1, 0.15) is 5.56 Å². The highest BCUT2D eigenvalue weighted by atomic mass is 16.3. The van der Waals surface area contributed by atoms with E-state index in [1.54, 1.807) is 24.4 Å². The number of aromatic nitrogens is 1. The SMILES string of the molecule is Oc1ccccc1C=Nc1ccc2ccccc2n1. The molecule has 1 aromatic heterocycles. The minimum atomic E-state index is 0.215. The van der Waals surface area contributed by atoms with Gasteiger partial charge in [-0.15, -0.1) is 0 Å². The molecule has 3 heteroatoms. The van der Waals surface area contributed by atoms with E-state index in [1.807, 2.05) is 42.5 Å². The minimum Gasteiger partial charge on any atom is -0.507 e. The molecule has 1 N–H and O–H groups in total. The molecule has 0 bridgehead atoms. The van der Waals surface area contributed by atoms with E-state index < -0.39 is 0 Å². The van der Waals surface area contributed by atoms with Crippen LogP contribution in [0.15, 0.2) is 65.7 Å². The Morgan fingerprint density at radius 1 is 0.895 bits per heavy atom. The van der Waals surface area contributed by atoms with Crippen LogP contribution < -0.4 is 0 Å². The van der Waals surface area contributed by atoms with Gasteiger partial charge in [-0.2, -0.15) is 0 Å². The Morgan fingerprint density at radius 3 is 2.58 bits per heavy atom. The van der Waals surface area contributed by atoms with Crippen molar-refractivity contribution in [2.45, 2.75) is 0 Å². The quantitative estimate of drug-likeness (QED) is 0.703. The topological polar surface area (TPSA) is 45.5 Å². The molecular formula is C16H12N2O. The van der Waals surface area contributed by atoms with Gasteiger partial charge >= 0.3 is 0 Å². The fourth-order valence-corrected chi connectivity index (χ4v) is 1.86. The van der Waals surface area contributed by atoms with Crippen molar-refractivity contribution in [2.24, 2.45) is 4.99 Å². The largest absolute Gasteiger partial charge is 0.507 e. The van der Waals surface area contributed by atoms with Crippen LogP contribution in [0.25, 0.3) is 10.9 Å². The third-order valence-electron chi connectivity index (χ3n) is 2.86. The van der Waals surface area contributed by atoms with Gasteiger partial charge in [0.25, 0.3) is 0 Å². The van der Waals surface area contributed by atoms with E-state index in [0.29, 0.717) is 11.4 Å². The number of aromatic hydroxyl groups is 1. The Bertz CT molecular complexity index is 750. The minimum absolute atomic E-state index is 0.215. The summed E-state index contributed by atoms with van der Waals surface area (Å²) in [5, 5.41) is 10.7. The molecule has 0 unspecified atom stereocenters. The van der Waals surface area contributed by atoms with Crippen molar-refractivity contribution in [1.29, 1.82) is 0 Å². The number of phenolic OH excluding ortho intramolecular Hbond substituents is 1. The van der Waals surface area contributed by atoms with Gasteiger partial charge in [-0.3, -0.25) is 0 Å². The zero-order chi connectivity index (χ0) is 13.1. The van der Waals surface area contributed by atoms with Crippen LogP contribution >= 0.6 is 0 Å². The van der Waals surface area contributed by atoms with Crippen LogP contribution in [-0.4, -0.2) is 16.3 Å². The first-order valence-electron chi connectivity index (χ1n) is 6.01. The number of benzene rings is 2. The lowest BCUT2D eigenvalue weighted by Crippen LogP contribution is -1.83. The molecule has 0 saturated heterocycles. The molecule has 3 nitrogen and oxygen atoms in total. The summed E-state index contributed by atoms with van der Waals surface area (Å²) in [7, 11) is 0. The van der Waals surface area contributed by atoms with E-state index in [0.717, 1.165) is 10.9 Å². The van der Waals surface area contributed by atoms with Crippen LogP contribution in [0.2, 0.25) is 0 Å². The summed E-state index contributed by atoms with van der Waals surface area (Å²) in [4.78, 5) is 8.73. The van der Waals surface area contributed by atoms with E-state index in [1.165, 1.54) is 0 Å². The number of rotatable bonds is 2. The zero-order valence-corrected chi connectivity index (χ0v) is 10.2. The lowest BCUT2D eigenvalue weighted by molar-refractivity contribution is 0.474. The molecule has 3 aromatic rings. The Hall–Kier alpha value is -2.68. The molecule has 0 saturated carbocycles. The number of hydrogen-bond donors (Lipinski definition) is 1. The van der Waals surface area contributed by atoms with Crippen LogP contribution in [0.3, 0.4) is 0 Å². The van der Waals surface area contributed by atoms with Crippen molar-refractivity contribution in [1.82, 2.24) is 4.98 Å². The molecule has 2 aromatic carbocycles. The highest BCUT2D eigenvalue weighted by Crippen LogP contribution is 2.18. The van der Waals surface area contributed by atoms with Gasteiger partial charge < -0.3 is 5.11 Å². The van der Waals surface area contributed by atoms with Crippen molar-refractivity contribution in [3.63, 3.8) is 0 Å². The van der Waals surface area contributed by atoms with Crippen LogP contribution in [0.4, 0.5) is 5.82 Å². The molecule has 3 rings (SSSR count). The standard InChI is InChI=1S/C16H12N2O/c19-15-8-4-2-6-13(15)11-17-16-10-9-12-5-1-3-7-14(12)18-16/h1-11,19H. The molecule has 0 atom stereocenters. The first-order chi connectivity index (χ1) is 9.33. The molecule has 0 spiro atoms. The highest BCUT2D eigenvalue weighted by Gasteiger charge is 1.97. The number of phenols is 1. The van der Waals surface area contributed by atoms with E-state index in [-0.39, 0.29) is 5.75 Å². The predicted molar refractivity (Wildman–Crippen MR) is 77.1 cm³/mol. The van der Waals surface area contributed by atoms with E-state index >= 15 is 0 Å². The van der Waals surface area contributed by atoms with Gasteiger partial charge in [0.15, 0.2) is 5.82 Å². The van der Waals surface area contributed by atoms with Gasteiger partial charge in [0.2, 0.25) is 0 Å². The summed E-state index contributed by atoms with van der Waals surface area (Å²) in [5.74, 6) is 0.842. The molecule has 92 valence electrons. The van der Waals surface area contributed by atoms with Gasteiger partial charge in [-0.25, -0.2) is 9.98 Å². The average molecular weight is 248 g/mol. The van der Waals surface area contributed by atoms with E-state index in [2.05, 4.69) is 9.98 Å². The predicted octanol–water partition coefficient (Wildman–Crippen LogP) is 3.69. The second-order valence-electron chi connectivity index (χ2n) is 4.18. The van der Waals surface area contributed by atoms with Crippen molar-refractivity contribution in [3.8, 4) is 5.75 Å². The third kappa shape index (κ3) is 2.45. The van der Waals surface area contributed by atoms with Gasteiger partial charge in [-0.05, 0) is 30.3 Å². The number of hydrogen-bond acceptors (Lipinski definition) is 3. The Kier molecular flexibility index (Phi) is 2.94. The number of para-hydroxylation sites is 2. The van der Waals surface area contributed by atoms with Gasteiger partial charge in [0.05, 0.1) is 5.52 Å². The second kappa shape index (κ2) is 4.90. The number of pyridine rings is 1. The third-order valence-corrected chi connectivity index (χ3v) is 2.86. The maximum absolute atomic E-state index is 9.65. The summed E-state index contributed by atoms with van der Waals surface area (Å²) in [6.45, 7) is 0. The first-order valence-corrected chi connectivity index (χ1v) is 6.01. The molecule has 0 amide bonds. The summed E-state index contributed by atoms with van der Waals surface area (Å²) < 4.78 is 0.